The molecule has 0 unspecified atom stereocenters. The molecule has 6 nitrogen and oxygen atoms in total. The highest BCUT2D eigenvalue weighted by atomic mass is 32.2. The number of nitriles is 1. The Balaban J connectivity index is 1.35. The summed E-state index contributed by atoms with van der Waals surface area (Å²) in [6, 6.07) is 17.1. The molecule has 2 atom stereocenters. The van der Waals surface area contributed by atoms with E-state index >= 15 is 0 Å². The highest BCUT2D eigenvalue weighted by molar-refractivity contribution is 7.91. The number of carbonyl (C=O) groups is 1. The highest BCUT2D eigenvalue weighted by Crippen LogP contribution is 2.46. The lowest BCUT2D eigenvalue weighted by Crippen LogP contribution is -2.42. The third-order valence-corrected chi connectivity index (χ3v) is 10.6. The van der Waals surface area contributed by atoms with Crippen LogP contribution in [0.1, 0.15) is 50.1 Å². The zero-order valence-corrected chi connectivity index (χ0v) is 23.3. The molecule has 3 fully saturated rings. The van der Waals surface area contributed by atoms with Crippen LogP contribution in [0.2, 0.25) is 0 Å². The van der Waals surface area contributed by atoms with E-state index in [2.05, 4.69) is 40.6 Å². The molecule has 1 aliphatic heterocycles. The van der Waals surface area contributed by atoms with Crippen molar-refractivity contribution in [3.63, 3.8) is 0 Å². The van der Waals surface area contributed by atoms with Crippen LogP contribution < -0.4 is 10.2 Å². The average Bonchev–Trinajstić information content (AvgIpc) is 3.60. The molecule has 9 heteroatoms. The number of rotatable bonds is 6. The Hall–Kier alpha value is -2.93. The second-order valence-corrected chi connectivity index (χ2v) is 13.5. The second kappa shape index (κ2) is 10.9. The van der Waals surface area contributed by atoms with E-state index in [1.165, 1.54) is 12.1 Å². The molecule has 0 spiro atoms. The largest absolute Gasteiger partial charge is 0.616 e. The van der Waals surface area contributed by atoms with E-state index in [1.807, 2.05) is 0 Å². The number of amides is 1. The summed E-state index contributed by atoms with van der Waals surface area (Å²) >= 11 is 0.854. The van der Waals surface area contributed by atoms with Gasteiger partial charge in [-0.15, -0.1) is 11.3 Å². The molecule has 2 aliphatic carbocycles. The molecule has 1 amide bonds. The molecule has 3 aromatic rings. The van der Waals surface area contributed by atoms with Crippen LogP contribution in [0.5, 0.6) is 0 Å². The second-order valence-electron chi connectivity index (χ2n) is 10.8. The molecular weight excluding hydrogens is 531 g/mol. The summed E-state index contributed by atoms with van der Waals surface area (Å²) in [7, 11) is 0. The number of hydrogen-bond acceptors (Lipinski definition) is 6. The summed E-state index contributed by atoms with van der Waals surface area (Å²) in [5.41, 5.74) is 3.23. The predicted molar refractivity (Wildman–Crippen MR) is 153 cm³/mol. The molecule has 0 bridgehead atoms. The highest BCUT2D eigenvalue weighted by Gasteiger charge is 2.47. The quantitative estimate of drug-likeness (QED) is 0.393. The fourth-order valence-electron chi connectivity index (χ4n) is 5.72. The number of nitrogens with one attached hydrogen (secondary N) is 1. The van der Waals surface area contributed by atoms with Crippen LogP contribution in [0.4, 0.5) is 10.1 Å². The van der Waals surface area contributed by atoms with Crippen molar-refractivity contribution in [1.82, 2.24) is 10.3 Å². The number of anilines is 1. The maximum absolute atomic E-state index is 13.7. The van der Waals surface area contributed by atoms with Crippen molar-refractivity contribution in [2.24, 2.45) is 5.92 Å². The third kappa shape index (κ3) is 5.56. The summed E-state index contributed by atoms with van der Waals surface area (Å²) in [5, 5.41) is 13.4. The molecule has 1 N–H and O–H groups in total. The predicted octanol–water partition coefficient (Wildman–Crippen LogP) is 5.63. The van der Waals surface area contributed by atoms with Crippen LogP contribution in [0.25, 0.3) is 21.0 Å². The van der Waals surface area contributed by atoms with Gasteiger partial charge in [-0.1, -0.05) is 36.2 Å². The van der Waals surface area contributed by atoms with Gasteiger partial charge in [0.15, 0.2) is 0 Å². The number of thiazole rings is 1. The topological polar surface area (TPSA) is 92.1 Å². The van der Waals surface area contributed by atoms with Gasteiger partial charge < -0.3 is 14.8 Å². The molecule has 39 heavy (non-hydrogen) atoms. The Kier molecular flexibility index (Phi) is 7.36. The van der Waals surface area contributed by atoms with Crippen molar-refractivity contribution in [3.05, 3.63) is 60.0 Å². The number of aromatic nitrogens is 1. The minimum atomic E-state index is -0.725. The third-order valence-electron chi connectivity index (χ3n) is 8.20. The summed E-state index contributed by atoms with van der Waals surface area (Å²) < 4.78 is 25.5. The number of carbonyl (C=O) groups excluding carboxylic acids is 1. The van der Waals surface area contributed by atoms with E-state index in [-0.39, 0.29) is 23.6 Å². The Morgan fingerprint density at radius 2 is 1.74 bits per heavy atom. The van der Waals surface area contributed by atoms with Crippen molar-refractivity contribution < 1.29 is 13.7 Å². The van der Waals surface area contributed by atoms with Crippen molar-refractivity contribution in [1.29, 1.82) is 5.26 Å². The number of hydrogen-bond donors (Lipinski definition) is 1. The van der Waals surface area contributed by atoms with Crippen molar-refractivity contribution in [2.45, 2.75) is 50.0 Å². The summed E-state index contributed by atoms with van der Waals surface area (Å²) in [6.45, 7) is 1.57. The molecule has 1 aromatic heterocycles. The zero-order chi connectivity index (χ0) is 27.0. The van der Waals surface area contributed by atoms with E-state index in [9.17, 15) is 19.0 Å². The van der Waals surface area contributed by atoms with Gasteiger partial charge in [0.1, 0.15) is 27.9 Å². The Morgan fingerprint density at radius 3 is 2.41 bits per heavy atom. The molecular formula is C30H31FN4O2S2. The summed E-state index contributed by atoms with van der Waals surface area (Å²) in [4.78, 5) is 21.9. The van der Waals surface area contributed by atoms with Crippen molar-refractivity contribution in [2.75, 3.05) is 29.5 Å². The molecule has 2 heterocycles. The van der Waals surface area contributed by atoms with Gasteiger partial charge >= 0.3 is 0 Å². The smallest absolute Gasteiger partial charge is 0.225 e. The van der Waals surface area contributed by atoms with E-state index in [1.54, 1.807) is 23.5 Å². The fraction of sp³-hybridized carbons (Fsp3) is 0.433. The van der Waals surface area contributed by atoms with Crippen LogP contribution in [0, 0.1) is 23.1 Å². The molecule has 0 radical (unpaired) electrons. The average molecular weight is 563 g/mol. The Bertz CT molecular complexity index is 1370. The van der Waals surface area contributed by atoms with Crippen LogP contribution in [0.3, 0.4) is 0 Å². The van der Waals surface area contributed by atoms with Crippen LogP contribution >= 0.6 is 11.3 Å². The molecule has 3 aliphatic rings. The van der Waals surface area contributed by atoms with E-state index < -0.39 is 16.7 Å². The SMILES string of the molecule is N#CC1(NC(=O)[C@@H]2CCCC[C@H]2c2nc(-c3ccc(F)cc3)sc2-c2ccc(N3CC[S+]([O-])CC3)cc2)CC1. The van der Waals surface area contributed by atoms with Gasteiger partial charge in [-0.2, -0.15) is 5.26 Å². The first-order chi connectivity index (χ1) is 18.9. The number of nitrogens with zero attached hydrogens (tertiary/aromatic N) is 3. The molecule has 1 saturated heterocycles. The standard InChI is InChI=1S/C30H31FN4O2S2/c31-22-9-5-21(6-10-22)29-33-26(24-3-1-2-4-25(24)28(36)34-30(19-32)13-14-30)27(38-29)20-7-11-23(12-8-20)35-15-17-39(37)18-16-35/h5-12,24-25H,1-4,13-18H2,(H,34,36)/t24-,25-/m1/s1. The zero-order valence-electron chi connectivity index (χ0n) is 21.7. The first-order valence-corrected chi connectivity index (χ1v) is 16.0. The lowest BCUT2D eigenvalue weighted by atomic mass is 9.76. The minimum absolute atomic E-state index is 0.0427. The monoisotopic (exact) mass is 562 g/mol. The summed E-state index contributed by atoms with van der Waals surface area (Å²) in [5.74, 6) is 0.771. The van der Waals surface area contributed by atoms with Gasteiger partial charge in [0, 0.05) is 23.1 Å². The van der Waals surface area contributed by atoms with Gasteiger partial charge in [-0.25, -0.2) is 9.37 Å². The Labute approximate surface area is 235 Å². The van der Waals surface area contributed by atoms with Gasteiger partial charge in [-0.05, 0) is 67.6 Å². The maximum Gasteiger partial charge on any atom is 0.225 e. The van der Waals surface area contributed by atoms with E-state index in [0.717, 1.165) is 71.2 Å². The number of halogens is 1. The summed E-state index contributed by atoms with van der Waals surface area (Å²) in [6.07, 6.45) is 5.06. The maximum atomic E-state index is 13.7. The number of benzene rings is 2. The van der Waals surface area contributed by atoms with E-state index in [0.29, 0.717) is 24.3 Å². The van der Waals surface area contributed by atoms with Crippen LogP contribution in [0.15, 0.2) is 48.5 Å². The van der Waals surface area contributed by atoms with Crippen LogP contribution in [-0.4, -0.2) is 45.6 Å². The van der Waals surface area contributed by atoms with Crippen molar-refractivity contribution >= 4 is 34.1 Å². The van der Waals surface area contributed by atoms with Crippen molar-refractivity contribution in [3.8, 4) is 27.1 Å². The fourth-order valence-corrected chi connectivity index (χ4v) is 7.91. The van der Waals surface area contributed by atoms with E-state index in [4.69, 9.17) is 4.98 Å². The minimum Gasteiger partial charge on any atom is -0.616 e. The molecule has 2 aromatic carbocycles. The lowest BCUT2D eigenvalue weighted by molar-refractivity contribution is -0.127. The molecule has 6 rings (SSSR count). The van der Waals surface area contributed by atoms with Gasteiger partial charge in [0.25, 0.3) is 0 Å². The Morgan fingerprint density at radius 1 is 1.08 bits per heavy atom. The van der Waals surface area contributed by atoms with Gasteiger partial charge in [0.05, 0.1) is 29.7 Å². The van der Waals surface area contributed by atoms with Crippen LogP contribution in [-0.2, 0) is 16.0 Å². The van der Waals surface area contributed by atoms with Gasteiger partial charge in [0.2, 0.25) is 5.91 Å². The normalized spacial score (nSPS) is 22.7. The first-order valence-electron chi connectivity index (χ1n) is 13.6. The first kappa shape index (κ1) is 26.3. The molecule has 2 saturated carbocycles. The lowest BCUT2D eigenvalue weighted by Gasteiger charge is -2.31. The molecule has 202 valence electrons. The van der Waals surface area contributed by atoms with Gasteiger partial charge in [-0.3, -0.25) is 4.79 Å².